The topological polar surface area (TPSA) is 78.5 Å². The summed E-state index contributed by atoms with van der Waals surface area (Å²) in [7, 11) is 0. The molecule has 3 aromatic rings. The summed E-state index contributed by atoms with van der Waals surface area (Å²) < 4.78 is 0. The molecule has 152 valence electrons. The van der Waals surface area contributed by atoms with Crippen LogP contribution in [-0.2, 0) is 20.8 Å². The molecule has 0 saturated carbocycles. The standard InChI is InChI=1S/C24H23N3O3/c28-22(15-18-7-3-6-17-5-1-2-8-21(17)18)25-16-23(29)26-19-10-12-20(13-11-19)27-14-4-9-24(27)30/h1-3,5-8,10-13H,4,9,14-16H2,(H,25,28)(H,26,29). The van der Waals surface area contributed by atoms with Gasteiger partial charge in [-0.05, 0) is 47.0 Å². The second-order valence-electron chi connectivity index (χ2n) is 7.34. The van der Waals surface area contributed by atoms with Gasteiger partial charge in [0.2, 0.25) is 17.7 Å². The summed E-state index contributed by atoms with van der Waals surface area (Å²) in [5, 5.41) is 7.56. The second kappa shape index (κ2) is 8.78. The van der Waals surface area contributed by atoms with Crippen LogP contribution in [0.4, 0.5) is 11.4 Å². The molecule has 1 saturated heterocycles. The first-order valence-corrected chi connectivity index (χ1v) is 10.0. The zero-order valence-electron chi connectivity index (χ0n) is 16.6. The molecule has 1 aliphatic rings. The fourth-order valence-corrected chi connectivity index (χ4v) is 3.71. The number of carbonyl (C=O) groups excluding carboxylic acids is 3. The van der Waals surface area contributed by atoms with Crippen molar-refractivity contribution in [1.29, 1.82) is 0 Å². The highest BCUT2D eigenvalue weighted by Crippen LogP contribution is 2.23. The Morgan fingerprint density at radius 1 is 0.900 bits per heavy atom. The summed E-state index contributed by atoms with van der Waals surface area (Å²) in [5.41, 5.74) is 2.38. The van der Waals surface area contributed by atoms with Gasteiger partial charge in [0, 0.05) is 24.3 Å². The Morgan fingerprint density at radius 2 is 1.67 bits per heavy atom. The smallest absolute Gasteiger partial charge is 0.243 e. The highest BCUT2D eigenvalue weighted by atomic mass is 16.2. The van der Waals surface area contributed by atoms with Crippen molar-refractivity contribution in [2.45, 2.75) is 19.3 Å². The fourth-order valence-electron chi connectivity index (χ4n) is 3.71. The first-order valence-electron chi connectivity index (χ1n) is 10.0. The van der Waals surface area contributed by atoms with Crippen molar-refractivity contribution in [2.75, 3.05) is 23.3 Å². The van der Waals surface area contributed by atoms with Crippen molar-refractivity contribution in [3.8, 4) is 0 Å². The minimum atomic E-state index is -0.300. The van der Waals surface area contributed by atoms with Gasteiger partial charge in [0.1, 0.15) is 0 Å². The van der Waals surface area contributed by atoms with Crippen molar-refractivity contribution in [1.82, 2.24) is 5.32 Å². The first kappa shape index (κ1) is 19.6. The average molecular weight is 401 g/mol. The van der Waals surface area contributed by atoms with Gasteiger partial charge in [0.15, 0.2) is 0 Å². The molecule has 0 unspecified atom stereocenters. The van der Waals surface area contributed by atoms with E-state index in [9.17, 15) is 14.4 Å². The molecule has 0 bridgehead atoms. The van der Waals surface area contributed by atoms with Gasteiger partial charge < -0.3 is 15.5 Å². The molecular weight excluding hydrogens is 378 g/mol. The van der Waals surface area contributed by atoms with Crippen LogP contribution in [0.5, 0.6) is 0 Å². The quantitative estimate of drug-likeness (QED) is 0.665. The molecule has 3 aromatic carbocycles. The maximum absolute atomic E-state index is 12.3. The third kappa shape index (κ3) is 4.49. The van der Waals surface area contributed by atoms with Gasteiger partial charge in [0.25, 0.3) is 0 Å². The van der Waals surface area contributed by atoms with Gasteiger partial charge in [-0.3, -0.25) is 14.4 Å². The zero-order valence-corrected chi connectivity index (χ0v) is 16.6. The molecule has 6 heteroatoms. The first-order chi connectivity index (χ1) is 14.6. The maximum Gasteiger partial charge on any atom is 0.243 e. The Hall–Kier alpha value is -3.67. The van der Waals surface area contributed by atoms with E-state index in [0.717, 1.165) is 35.0 Å². The summed E-state index contributed by atoms with van der Waals surface area (Å²) >= 11 is 0. The molecule has 0 aliphatic carbocycles. The fraction of sp³-hybridized carbons (Fsp3) is 0.208. The molecule has 0 radical (unpaired) electrons. The van der Waals surface area contributed by atoms with E-state index < -0.39 is 0 Å². The molecule has 1 heterocycles. The predicted octanol–water partition coefficient (Wildman–Crippen LogP) is 3.26. The normalized spacial score (nSPS) is 13.5. The van der Waals surface area contributed by atoms with Crippen LogP contribution in [0.1, 0.15) is 18.4 Å². The third-order valence-corrected chi connectivity index (χ3v) is 5.21. The maximum atomic E-state index is 12.3. The van der Waals surface area contributed by atoms with Crippen LogP contribution in [0.3, 0.4) is 0 Å². The molecule has 0 aromatic heterocycles. The van der Waals surface area contributed by atoms with E-state index in [1.54, 1.807) is 17.0 Å². The summed E-state index contributed by atoms with van der Waals surface area (Å²) in [6, 6.07) is 20.9. The van der Waals surface area contributed by atoms with Gasteiger partial charge in [-0.15, -0.1) is 0 Å². The summed E-state index contributed by atoms with van der Waals surface area (Å²) in [4.78, 5) is 38.0. The molecule has 6 nitrogen and oxygen atoms in total. The van der Waals surface area contributed by atoms with Crippen LogP contribution >= 0.6 is 0 Å². The minimum Gasteiger partial charge on any atom is -0.347 e. The number of hydrogen-bond donors (Lipinski definition) is 2. The highest BCUT2D eigenvalue weighted by Gasteiger charge is 2.21. The minimum absolute atomic E-state index is 0.101. The van der Waals surface area contributed by atoms with Gasteiger partial charge in [-0.25, -0.2) is 0 Å². The van der Waals surface area contributed by atoms with E-state index in [1.165, 1.54) is 0 Å². The van der Waals surface area contributed by atoms with Crippen LogP contribution in [0.2, 0.25) is 0 Å². The summed E-state index contributed by atoms with van der Waals surface area (Å²) in [6.07, 6.45) is 1.67. The van der Waals surface area contributed by atoms with Crippen molar-refractivity contribution in [2.24, 2.45) is 0 Å². The van der Waals surface area contributed by atoms with Crippen LogP contribution in [0, 0.1) is 0 Å². The average Bonchev–Trinajstić information content (AvgIpc) is 3.19. The lowest BCUT2D eigenvalue weighted by Crippen LogP contribution is -2.33. The molecule has 2 N–H and O–H groups in total. The molecular formula is C24H23N3O3. The van der Waals surface area contributed by atoms with Gasteiger partial charge in [-0.2, -0.15) is 0 Å². The summed E-state index contributed by atoms with van der Waals surface area (Å²) in [5.74, 6) is -0.378. The van der Waals surface area contributed by atoms with E-state index in [2.05, 4.69) is 10.6 Å². The molecule has 1 aliphatic heterocycles. The number of carbonyl (C=O) groups is 3. The Morgan fingerprint density at radius 3 is 2.43 bits per heavy atom. The Balaban J connectivity index is 1.29. The lowest BCUT2D eigenvalue weighted by Gasteiger charge is -2.16. The second-order valence-corrected chi connectivity index (χ2v) is 7.34. The number of nitrogens with zero attached hydrogens (tertiary/aromatic N) is 1. The predicted molar refractivity (Wildman–Crippen MR) is 117 cm³/mol. The highest BCUT2D eigenvalue weighted by molar-refractivity contribution is 5.97. The van der Waals surface area contributed by atoms with E-state index in [-0.39, 0.29) is 30.7 Å². The van der Waals surface area contributed by atoms with Crippen molar-refractivity contribution < 1.29 is 14.4 Å². The number of hydrogen-bond acceptors (Lipinski definition) is 3. The zero-order chi connectivity index (χ0) is 20.9. The molecule has 1 fully saturated rings. The molecule has 4 rings (SSSR count). The number of amides is 3. The Labute approximate surface area is 174 Å². The molecule has 0 spiro atoms. The van der Waals surface area contributed by atoms with Crippen LogP contribution in [0.15, 0.2) is 66.7 Å². The largest absolute Gasteiger partial charge is 0.347 e. The molecule has 0 atom stereocenters. The number of rotatable bonds is 6. The number of nitrogens with one attached hydrogen (secondary N) is 2. The van der Waals surface area contributed by atoms with Gasteiger partial charge in [-0.1, -0.05) is 42.5 Å². The molecule has 3 amide bonds. The van der Waals surface area contributed by atoms with Crippen molar-refractivity contribution in [3.63, 3.8) is 0 Å². The monoisotopic (exact) mass is 401 g/mol. The van der Waals surface area contributed by atoms with Crippen LogP contribution in [0.25, 0.3) is 10.8 Å². The lowest BCUT2D eigenvalue weighted by atomic mass is 10.0. The van der Waals surface area contributed by atoms with Crippen molar-refractivity contribution in [3.05, 3.63) is 72.3 Å². The van der Waals surface area contributed by atoms with E-state index in [1.807, 2.05) is 54.6 Å². The number of anilines is 2. The van der Waals surface area contributed by atoms with Crippen LogP contribution < -0.4 is 15.5 Å². The van der Waals surface area contributed by atoms with E-state index in [0.29, 0.717) is 12.1 Å². The molecule has 30 heavy (non-hydrogen) atoms. The van der Waals surface area contributed by atoms with Gasteiger partial charge in [0.05, 0.1) is 13.0 Å². The van der Waals surface area contributed by atoms with Crippen LogP contribution in [-0.4, -0.2) is 30.8 Å². The SMILES string of the molecule is O=C(Cc1cccc2ccccc12)NCC(=O)Nc1ccc(N2CCCC2=O)cc1. The number of fused-ring (bicyclic) bond motifs is 1. The van der Waals surface area contributed by atoms with Gasteiger partial charge >= 0.3 is 0 Å². The van der Waals surface area contributed by atoms with Crippen molar-refractivity contribution >= 4 is 39.9 Å². The number of benzene rings is 3. The van der Waals surface area contributed by atoms with E-state index in [4.69, 9.17) is 0 Å². The lowest BCUT2D eigenvalue weighted by molar-refractivity contribution is -0.123. The Bertz CT molecular complexity index is 1090. The Kier molecular flexibility index (Phi) is 5.75. The third-order valence-electron chi connectivity index (χ3n) is 5.21. The van der Waals surface area contributed by atoms with E-state index >= 15 is 0 Å². The summed E-state index contributed by atoms with van der Waals surface area (Å²) in [6.45, 7) is 0.628.